The first-order valence-electron chi connectivity index (χ1n) is 10.5. The van der Waals surface area contributed by atoms with Gasteiger partial charge in [0.05, 0.1) is 4.88 Å². The number of rotatable bonds is 7. The van der Waals surface area contributed by atoms with Crippen molar-refractivity contribution in [1.29, 1.82) is 0 Å². The third kappa shape index (κ3) is 7.14. The van der Waals surface area contributed by atoms with Crippen LogP contribution >= 0.6 is 11.3 Å². The molecule has 7 heteroatoms. The normalized spacial score (nSPS) is 17.5. The van der Waals surface area contributed by atoms with Crippen LogP contribution in [-0.2, 0) is 9.59 Å². The number of thiophene rings is 1. The molecule has 1 saturated heterocycles. The van der Waals surface area contributed by atoms with Crippen molar-refractivity contribution in [2.75, 3.05) is 13.1 Å². The molecule has 3 amide bonds. The van der Waals surface area contributed by atoms with E-state index in [0.29, 0.717) is 37.2 Å². The van der Waals surface area contributed by atoms with E-state index < -0.39 is 6.04 Å². The van der Waals surface area contributed by atoms with Crippen LogP contribution in [0, 0.1) is 11.3 Å². The van der Waals surface area contributed by atoms with Gasteiger partial charge in [0.1, 0.15) is 6.04 Å². The van der Waals surface area contributed by atoms with Crippen LogP contribution in [-0.4, -0.2) is 47.8 Å². The Bertz CT molecular complexity index is 689. The topological polar surface area (TPSA) is 78.5 Å². The lowest BCUT2D eigenvalue weighted by Gasteiger charge is -2.37. The minimum absolute atomic E-state index is 0.0154. The third-order valence-electron chi connectivity index (χ3n) is 5.36. The number of hydrogen-bond acceptors (Lipinski definition) is 4. The molecule has 0 aromatic carbocycles. The Morgan fingerprint density at radius 1 is 1.21 bits per heavy atom. The first kappa shape index (κ1) is 23.4. The van der Waals surface area contributed by atoms with Crippen LogP contribution in [0.1, 0.15) is 70.0 Å². The van der Waals surface area contributed by atoms with Gasteiger partial charge in [-0.05, 0) is 49.0 Å². The van der Waals surface area contributed by atoms with E-state index in [1.54, 1.807) is 6.07 Å². The van der Waals surface area contributed by atoms with E-state index in [2.05, 4.69) is 31.4 Å². The molecule has 1 aromatic heterocycles. The number of carbonyl (C=O) groups excluding carboxylic acids is 3. The monoisotopic (exact) mass is 421 g/mol. The maximum atomic E-state index is 12.9. The summed E-state index contributed by atoms with van der Waals surface area (Å²) in [5, 5.41) is 7.82. The maximum Gasteiger partial charge on any atom is 0.262 e. The number of piperidine rings is 1. The molecule has 2 rings (SSSR count). The van der Waals surface area contributed by atoms with E-state index in [1.807, 2.05) is 30.2 Å². The molecule has 0 unspecified atom stereocenters. The molecule has 2 N–H and O–H groups in total. The van der Waals surface area contributed by atoms with E-state index in [-0.39, 0.29) is 35.1 Å². The summed E-state index contributed by atoms with van der Waals surface area (Å²) >= 11 is 1.36. The van der Waals surface area contributed by atoms with Crippen molar-refractivity contribution in [2.24, 2.45) is 11.3 Å². The maximum absolute atomic E-state index is 12.9. The summed E-state index contributed by atoms with van der Waals surface area (Å²) in [5.74, 6) is -0.167. The van der Waals surface area contributed by atoms with E-state index in [9.17, 15) is 14.4 Å². The van der Waals surface area contributed by atoms with Crippen LogP contribution < -0.4 is 10.6 Å². The lowest BCUT2D eigenvalue weighted by atomic mass is 9.87. The quantitative estimate of drug-likeness (QED) is 0.708. The molecule has 1 aliphatic heterocycles. The molecule has 0 saturated carbocycles. The molecule has 0 spiro atoms. The van der Waals surface area contributed by atoms with E-state index >= 15 is 0 Å². The van der Waals surface area contributed by atoms with Crippen molar-refractivity contribution in [1.82, 2.24) is 15.5 Å². The van der Waals surface area contributed by atoms with Crippen molar-refractivity contribution in [3.63, 3.8) is 0 Å². The van der Waals surface area contributed by atoms with Crippen LogP contribution in [0.3, 0.4) is 0 Å². The van der Waals surface area contributed by atoms with Gasteiger partial charge in [-0.3, -0.25) is 14.4 Å². The summed E-state index contributed by atoms with van der Waals surface area (Å²) in [6, 6.07) is 3.06. The van der Waals surface area contributed by atoms with Gasteiger partial charge >= 0.3 is 0 Å². The molecular formula is C22H35N3O3S. The van der Waals surface area contributed by atoms with Crippen molar-refractivity contribution in [3.8, 4) is 0 Å². The number of nitrogens with one attached hydrogen (secondary N) is 2. The fourth-order valence-corrected chi connectivity index (χ4v) is 4.13. The summed E-state index contributed by atoms with van der Waals surface area (Å²) in [6.07, 6.45) is 2.76. The van der Waals surface area contributed by atoms with Gasteiger partial charge in [-0.25, -0.2) is 0 Å². The first-order chi connectivity index (χ1) is 13.6. The second kappa shape index (κ2) is 10.2. The largest absolute Gasteiger partial charge is 0.352 e. The van der Waals surface area contributed by atoms with Gasteiger partial charge in [-0.2, -0.15) is 0 Å². The van der Waals surface area contributed by atoms with Gasteiger partial charge in [-0.1, -0.05) is 33.8 Å². The standard InChI is InChI=1S/C22H35N3O3S/c1-6-15(2)23-21(28)19(24-20(27)17-8-7-13-29-17)16-9-11-25(12-10-16)18(26)14-22(3,4)5/h7-8,13,15-16,19H,6,9-12,14H2,1-5H3,(H,23,28)(H,24,27)/t15-,19+/m0/s1. The lowest BCUT2D eigenvalue weighted by molar-refractivity contribution is -0.134. The molecule has 0 aliphatic carbocycles. The number of nitrogens with zero attached hydrogens (tertiary/aromatic N) is 1. The Kier molecular flexibility index (Phi) is 8.25. The minimum Gasteiger partial charge on any atom is -0.352 e. The molecule has 29 heavy (non-hydrogen) atoms. The predicted molar refractivity (Wildman–Crippen MR) is 117 cm³/mol. The highest BCUT2D eigenvalue weighted by molar-refractivity contribution is 7.12. The Balaban J connectivity index is 2.04. The summed E-state index contributed by atoms with van der Waals surface area (Å²) < 4.78 is 0. The van der Waals surface area contributed by atoms with Crippen molar-refractivity contribution >= 4 is 29.1 Å². The fraction of sp³-hybridized carbons (Fsp3) is 0.682. The molecule has 162 valence electrons. The molecular weight excluding hydrogens is 386 g/mol. The van der Waals surface area contributed by atoms with Gasteiger partial charge in [0.25, 0.3) is 5.91 Å². The highest BCUT2D eigenvalue weighted by Gasteiger charge is 2.35. The molecule has 1 fully saturated rings. The molecule has 0 radical (unpaired) electrons. The van der Waals surface area contributed by atoms with E-state index in [1.165, 1.54) is 11.3 Å². The molecule has 1 aliphatic rings. The molecule has 2 heterocycles. The van der Waals surface area contributed by atoms with Crippen LogP contribution in [0.5, 0.6) is 0 Å². The molecule has 6 nitrogen and oxygen atoms in total. The zero-order chi connectivity index (χ0) is 21.6. The van der Waals surface area contributed by atoms with E-state index in [0.717, 1.165) is 6.42 Å². The Labute approximate surface area is 178 Å². The SMILES string of the molecule is CC[C@H](C)NC(=O)[C@H](NC(=O)c1cccs1)C1CCN(C(=O)CC(C)(C)C)CC1. The van der Waals surface area contributed by atoms with Gasteiger partial charge in [0.2, 0.25) is 11.8 Å². The number of likely N-dealkylation sites (tertiary alicyclic amines) is 1. The zero-order valence-electron chi connectivity index (χ0n) is 18.3. The molecule has 0 bridgehead atoms. The lowest BCUT2D eigenvalue weighted by Crippen LogP contribution is -2.55. The van der Waals surface area contributed by atoms with Crippen molar-refractivity contribution < 1.29 is 14.4 Å². The molecule has 2 atom stereocenters. The summed E-state index contributed by atoms with van der Waals surface area (Å²) in [5.41, 5.74) is -0.0404. The zero-order valence-corrected chi connectivity index (χ0v) is 19.1. The van der Waals surface area contributed by atoms with Gasteiger partial charge in [0.15, 0.2) is 0 Å². The van der Waals surface area contributed by atoms with E-state index in [4.69, 9.17) is 0 Å². The number of carbonyl (C=O) groups is 3. The summed E-state index contributed by atoms with van der Waals surface area (Å²) in [7, 11) is 0. The van der Waals surface area contributed by atoms with Crippen LogP contribution in [0.4, 0.5) is 0 Å². The number of hydrogen-bond donors (Lipinski definition) is 2. The van der Waals surface area contributed by atoms with Gasteiger partial charge in [0, 0.05) is 25.6 Å². The summed E-state index contributed by atoms with van der Waals surface area (Å²) in [4.78, 5) is 40.5. The first-order valence-corrected chi connectivity index (χ1v) is 11.4. The summed E-state index contributed by atoms with van der Waals surface area (Å²) in [6.45, 7) is 11.4. The Morgan fingerprint density at radius 3 is 2.38 bits per heavy atom. The highest BCUT2D eigenvalue weighted by Crippen LogP contribution is 2.25. The third-order valence-corrected chi connectivity index (χ3v) is 6.23. The second-order valence-electron chi connectivity index (χ2n) is 9.20. The predicted octanol–water partition coefficient (Wildman–Crippen LogP) is 3.44. The van der Waals surface area contributed by atoms with Gasteiger partial charge < -0.3 is 15.5 Å². The fourth-order valence-electron chi connectivity index (χ4n) is 3.50. The average Bonchev–Trinajstić information content (AvgIpc) is 3.19. The van der Waals surface area contributed by atoms with Crippen molar-refractivity contribution in [2.45, 2.75) is 72.4 Å². The van der Waals surface area contributed by atoms with Crippen molar-refractivity contribution in [3.05, 3.63) is 22.4 Å². The molecule has 1 aromatic rings. The number of amides is 3. The Morgan fingerprint density at radius 2 is 1.86 bits per heavy atom. The van der Waals surface area contributed by atoms with Crippen LogP contribution in [0.25, 0.3) is 0 Å². The Hall–Kier alpha value is -1.89. The van der Waals surface area contributed by atoms with Gasteiger partial charge in [-0.15, -0.1) is 11.3 Å². The van der Waals surface area contributed by atoms with Crippen LogP contribution in [0.15, 0.2) is 17.5 Å². The smallest absolute Gasteiger partial charge is 0.262 e. The highest BCUT2D eigenvalue weighted by atomic mass is 32.1. The second-order valence-corrected chi connectivity index (χ2v) is 10.1. The minimum atomic E-state index is -0.585. The average molecular weight is 422 g/mol. The van der Waals surface area contributed by atoms with Crippen LogP contribution in [0.2, 0.25) is 0 Å².